The predicted molar refractivity (Wildman–Crippen MR) is 129 cm³/mol. The molecule has 0 atom stereocenters. The van der Waals surface area contributed by atoms with E-state index in [0.29, 0.717) is 24.8 Å². The smallest absolute Gasteiger partial charge is 0.179 e. The van der Waals surface area contributed by atoms with Crippen LogP contribution in [-0.4, -0.2) is 74.5 Å². The molecule has 1 saturated heterocycles. The van der Waals surface area contributed by atoms with Crippen molar-refractivity contribution >= 4 is 28.2 Å². The van der Waals surface area contributed by atoms with Gasteiger partial charge in [0.15, 0.2) is 11.5 Å². The van der Waals surface area contributed by atoms with Gasteiger partial charge in [0.05, 0.1) is 35.2 Å². The molecule has 174 valence electrons. The highest BCUT2D eigenvalue weighted by atomic mass is 35.5. The summed E-state index contributed by atoms with van der Waals surface area (Å²) >= 11 is 6.58. The SMILES string of the molecule is COc1ccc2ncc(Cl)c(N3CCN(CCNCc4cc5c(cn4)OCCO5)CC3)c2c1. The molecule has 0 saturated carbocycles. The molecular formula is C24H28ClN5O3. The molecule has 5 rings (SSSR count). The zero-order valence-electron chi connectivity index (χ0n) is 18.7. The van der Waals surface area contributed by atoms with Crippen LogP contribution in [-0.2, 0) is 6.54 Å². The fourth-order valence-electron chi connectivity index (χ4n) is 4.32. The molecule has 2 aliphatic heterocycles. The lowest BCUT2D eigenvalue weighted by molar-refractivity contribution is 0.170. The topological polar surface area (TPSA) is 72.0 Å². The Labute approximate surface area is 198 Å². The molecule has 1 N–H and O–H groups in total. The van der Waals surface area contributed by atoms with Crippen molar-refractivity contribution in [2.75, 3.05) is 64.5 Å². The molecule has 4 heterocycles. The van der Waals surface area contributed by atoms with Crippen molar-refractivity contribution in [3.8, 4) is 17.2 Å². The summed E-state index contributed by atoms with van der Waals surface area (Å²) in [4.78, 5) is 13.8. The van der Waals surface area contributed by atoms with E-state index in [-0.39, 0.29) is 0 Å². The summed E-state index contributed by atoms with van der Waals surface area (Å²) in [6.07, 6.45) is 3.49. The molecule has 0 bridgehead atoms. The molecule has 33 heavy (non-hydrogen) atoms. The van der Waals surface area contributed by atoms with Crippen LogP contribution < -0.4 is 24.4 Å². The lowest BCUT2D eigenvalue weighted by atomic mass is 10.1. The summed E-state index contributed by atoms with van der Waals surface area (Å²) in [5.41, 5.74) is 2.93. The number of piperazine rings is 1. The highest BCUT2D eigenvalue weighted by Crippen LogP contribution is 2.35. The predicted octanol–water partition coefficient (Wildman–Crippen LogP) is 2.97. The molecule has 0 spiro atoms. The number of fused-ring (bicyclic) bond motifs is 2. The van der Waals surface area contributed by atoms with Gasteiger partial charge >= 0.3 is 0 Å². The Morgan fingerprint density at radius 1 is 1.03 bits per heavy atom. The van der Waals surface area contributed by atoms with Crippen molar-refractivity contribution in [3.05, 3.63) is 47.4 Å². The first-order valence-electron chi connectivity index (χ1n) is 11.3. The minimum Gasteiger partial charge on any atom is -0.497 e. The average molecular weight is 470 g/mol. The van der Waals surface area contributed by atoms with E-state index >= 15 is 0 Å². The zero-order valence-corrected chi connectivity index (χ0v) is 19.5. The first-order chi connectivity index (χ1) is 16.2. The van der Waals surface area contributed by atoms with Crippen molar-refractivity contribution in [1.29, 1.82) is 0 Å². The van der Waals surface area contributed by atoms with Gasteiger partial charge in [0.2, 0.25) is 0 Å². The second-order valence-corrected chi connectivity index (χ2v) is 8.57. The zero-order chi connectivity index (χ0) is 22.6. The number of pyridine rings is 2. The highest BCUT2D eigenvalue weighted by Gasteiger charge is 2.21. The molecule has 0 amide bonds. The average Bonchev–Trinajstić information content (AvgIpc) is 2.86. The normalized spacial score (nSPS) is 16.2. The van der Waals surface area contributed by atoms with Gasteiger partial charge in [-0.25, -0.2) is 0 Å². The molecule has 0 radical (unpaired) electrons. The number of hydrogen-bond donors (Lipinski definition) is 1. The Morgan fingerprint density at radius 3 is 2.67 bits per heavy atom. The van der Waals surface area contributed by atoms with E-state index in [1.165, 1.54) is 0 Å². The third-order valence-corrected chi connectivity index (χ3v) is 6.36. The number of aromatic nitrogens is 2. The molecule has 0 aliphatic carbocycles. The van der Waals surface area contributed by atoms with Gasteiger partial charge in [-0.1, -0.05) is 11.6 Å². The Hall–Kier alpha value is -2.81. The maximum absolute atomic E-state index is 6.58. The number of nitrogens with zero attached hydrogens (tertiary/aromatic N) is 4. The van der Waals surface area contributed by atoms with Crippen LogP contribution in [0.5, 0.6) is 17.2 Å². The number of rotatable bonds is 7. The third-order valence-electron chi connectivity index (χ3n) is 6.09. The monoisotopic (exact) mass is 469 g/mol. The molecule has 2 aliphatic rings. The van der Waals surface area contributed by atoms with Crippen molar-refractivity contribution in [1.82, 2.24) is 20.2 Å². The molecule has 1 aromatic carbocycles. The van der Waals surface area contributed by atoms with E-state index < -0.39 is 0 Å². The third kappa shape index (κ3) is 4.93. The van der Waals surface area contributed by atoms with Crippen LogP contribution in [0.2, 0.25) is 5.02 Å². The molecule has 2 aromatic heterocycles. The van der Waals surface area contributed by atoms with E-state index in [9.17, 15) is 0 Å². The second kappa shape index (κ2) is 9.99. The first-order valence-corrected chi connectivity index (χ1v) is 11.6. The van der Waals surface area contributed by atoms with Crippen LogP contribution in [0.3, 0.4) is 0 Å². The number of hydrogen-bond acceptors (Lipinski definition) is 8. The Morgan fingerprint density at radius 2 is 1.85 bits per heavy atom. The van der Waals surface area contributed by atoms with Crippen LogP contribution in [0.15, 0.2) is 36.7 Å². The van der Waals surface area contributed by atoms with E-state index in [0.717, 1.165) is 78.8 Å². The quantitative estimate of drug-likeness (QED) is 0.529. The van der Waals surface area contributed by atoms with Crippen molar-refractivity contribution < 1.29 is 14.2 Å². The number of halogens is 1. The summed E-state index contributed by atoms with van der Waals surface area (Å²) < 4.78 is 16.6. The number of methoxy groups -OCH3 is 1. The van der Waals surface area contributed by atoms with Gasteiger partial charge < -0.3 is 24.4 Å². The minimum atomic E-state index is 0.581. The lowest BCUT2D eigenvalue weighted by Crippen LogP contribution is -2.48. The minimum absolute atomic E-state index is 0.581. The fraction of sp³-hybridized carbons (Fsp3) is 0.417. The van der Waals surface area contributed by atoms with Gasteiger partial charge in [-0.3, -0.25) is 14.9 Å². The van der Waals surface area contributed by atoms with Crippen molar-refractivity contribution in [3.63, 3.8) is 0 Å². The van der Waals surface area contributed by atoms with Crippen LogP contribution in [0.4, 0.5) is 5.69 Å². The summed E-state index contributed by atoms with van der Waals surface area (Å²) in [6, 6.07) is 7.88. The summed E-state index contributed by atoms with van der Waals surface area (Å²) in [5, 5.41) is 5.20. The van der Waals surface area contributed by atoms with Gasteiger partial charge in [0, 0.05) is 63.5 Å². The lowest BCUT2D eigenvalue weighted by Gasteiger charge is -2.37. The number of benzene rings is 1. The van der Waals surface area contributed by atoms with Gasteiger partial charge in [0.25, 0.3) is 0 Å². The maximum atomic E-state index is 6.58. The highest BCUT2D eigenvalue weighted by molar-refractivity contribution is 6.34. The van der Waals surface area contributed by atoms with E-state index in [1.54, 1.807) is 19.5 Å². The fourth-order valence-corrected chi connectivity index (χ4v) is 4.59. The first kappa shape index (κ1) is 22.0. The van der Waals surface area contributed by atoms with E-state index in [1.807, 2.05) is 24.3 Å². The summed E-state index contributed by atoms with van der Waals surface area (Å²) in [7, 11) is 1.68. The van der Waals surface area contributed by atoms with Gasteiger partial charge in [-0.2, -0.15) is 0 Å². The van der Waals surface area contributed by atoms with Gasteiger partial charge in [-0.15, -0.1) is 0 Å². The van der Waals surface area contributed by atoms with Crippen molar-refractivity contribution in [2.45, 2.75) is 6.54 Å². The maximum Gasteiger partial charge on any atom is 0.179 e. The Kier molecular flexibility index (Phi) is 6.66. The largest absolute Gasteiger partial charge is 0.497 e. The number of ether oxygens (including phenoxy) is 3. The molecule has 9 heteroatoms. The summed E-state index contributed by atoms with van der Waals surface area (Å²) in [6.45, 7) is 7.54. The van der Waals surface area contributed by atoms with Crippen molar-refractivity contribution in [2.24, 2.45) is 0 Å². The molecule has 8 nitrogen and oxygen atoms in total. The second-order valence-electron chi connectivity index (χ2n) is 8.16. The Bertz CT molecular complexity index is 1120. The van der Waals surface area contributed by atoms with Crippen LogP contribution in [0, 0.1) is 0 Å². The molecule has 3 aromatic rings. The van der Waals surface area contributed by atoms with E-state index in [2.05, 4.69) is 25.1 Å². The number of nitrogens with one attached hydrogen (secondary N) is 1. The number of anilines is 1. The van der Waals surface area contributed by atoms with Crippen LogP contribution in [0.1, 0.15) is 5.69 Å². The van der Waals surface area contributed by atoms with E-state index in [4.69, 9.17) is 25.8 Å². The van der Waals surface area contributed by atoms with Gasteiger partial charge in [-0.05, 0) is 18.2 Å². The van der Waals surface area contributed by atoms with Crippen LogP contribution in [0.25, 0.3) is 10.9 Å². The van der Waals surface area contributed by atoms with Crippen LogP contribution >= 0.6 is 11.6 Å². The molecular weight excluding hydrogens is 442 g/mol. The summed E-state index contributed by atoms with van der Waals surface area (Å²) in [5.74, 6) is 2.32. The Balaban J connectivity index is 1.13. The van der Waals surface area contributed by atoms with Gasteiger partial charge in [0.1, 0.15) is 19.0 Å². The standard InChI is InChI=1S/C24H28ClN5O3/c1-31-18-2-3-21-19(13-18)24(20(25)15-28-21)30-8-6-29(7-9-30)5-4-26-14-17-12-22-23(16-27-17)33-11-10-32-22/h2-3,12-13,15-16,26H,4-11,14H2,1H3. The molecule has 0 unspecified atom stereocenters. The molecule has 1 fully saturated rings.